The number of para-hydroxylation sites is 1. The van der Waals surface area contributed by atoms with Gasteiger partial charge in [-0.15, -0.1) is 0 Å². The second-order valence-electron chi connectivity index (χ2n) is 3.63. The van der Waals surface area contributed by atoms with Crippen LogP contribution in [0.1, 0.15) is 16.1 Å². The van der Waals surface area contributed by atoms with Crippen molar-refractivity contribution in [2.75, 3.05) is 7.11 Å². The molecule has 0 aliphatic heterocycles. The summed E-state index contributed by atoms with van der Waals surface area (Å²) in [6.45, 7) is 1.92. The number of aromatic amines is 1. The first-order chi connectivity index (χ1) is 8.13. The zero-order chi connectivity index (χ0) is 12.4. The van der Waals surface area contributed by atoms with E-state index in [4.69, 9.17) is 9.84 Å². The lowest BCUT2D eigenvalue weighted by molar-refractivity contribution is 0.0690. The molecule has 1 aromatic carbocycles. The molecule has 0 spiro atoms. The minimum Gasteiger partial charge on any atom is -0.496 e. The summed E-state index contributed by atoms with van der Waals surface area (Å²) in [5.74, 6) is -0.327. The van der Waals surface area contributed by atoms with Gasteiger partial charge in [0.2, 0.25) is 0 Å². The number of H-pyrrole nitrogens is 1. The molecule has 0 saturated carbocycles. The summed E-state index contributed by atoms with van der Waals surface area (Å²) in [4.78, 5) is 10.8. The van der Waals surface area contributed by atoms with Crippen molar-refractivity contribution in [3.8, 4) is 17.0 Å². The average Bonchev–Trinajstić information content (AvgIpc) is 2.77. The van der Waals surface area contributed by atoms with Crippen LogP contribution in [0, 0.1) is 6.92 Å². The van der Waals surface area contributed by atoms with E-state index in [2.05, 4.69) is 10.2 Å². The fourth-order valence-corrected chi connectivity index (χ4v) is 1.69. The summed E-state index contributed by atoms with van der Waals surface area (Å²) < 4.78 is 5.30. The molecule has 0 fully saturated rings. The summed E-state index contributed by atoms with van der Waals surface area (Å²) >= 11 is 0. The maximum atomic E-state index is 10.8. The Hall–Kier alpha value is -2.30. The van der Waals surface area contributed by atoms with Gasteiger partial charge in [-0.25, -0.2) is 4.79 Å². The molecule has 0 bridgehead atoms. The molecule has 0 radical (unpaired) electrons. The quantitative estimate of drug-likeness (QED) is 0.849. The number of nitrogens with one attached hydrogen (secondary N) is 1. The number of rotatable bonds is 3. The fraction of sp³-hybridized carbons (Fsp3) is 0.167. The van der Waals surface area contributed by atoms with E-state index in [9.17, 15) is 4.79 Å². The summed E-state index contributed by atoms with van der Waals surface area (Å²) in [5.41, 5.74) is 2.37. The lowest BCUT2D eigenvalue weighted by Crippen LogP contribution is -1.95. The Bertz CT molecular complexity index is 561. The summed E-state index contributed by atoms with van der Waals surface area (Å²) in [6.07, 6.45) is 0. The summed E-state index contributed by atoms with van der Waals surface area (Å²) in [5, 5.41) is 15.3. The van der Waals surface area contributed by atoms with Crippen LogP contribution in [0.25, 0.3) is 11.3 Å². The van der Waals surface area contributed by atoms with Crippen molar-refractivity contribution in [3.63, 3.8) is 0 Å². The van der Waals surface area contributed by atoms with Crippen LogP contribution in [0.3, 0.4) is 0 Å². The number of methoxy groups -OCH3 is 1. The van der Waals surface area contributed by atoms with Crippen molar-refractivity contribution in [1.82, 2.24) is 10.2 Å². The standard InChI is InChI=1S/C12H12N2O3/c1-7-4-3-5-8(11(7)17-2)9-6-10(12(15)16)14-13-9/h3-6H,1-2H3,(H,13,14)(H,15,16). The maximum absolute atomic E-state index is 10.8. The van der Waals surface area contributed by atoms with Gasteiger partial charge in [-0.05, 0) is 24.6 Å². The molecule has 17 heavy (non-hydrogen) atoms. The van der Waals surface area contributed by atoms with Gasteiger partial charge in [0.25, 0.3) is 0 Å². The van der Waals surface area contributed by atoms with Gasteiger partial charge in [0.15, 0.2) is 0 Å². The number of carboxylic acids is 1. The van der Waals surface area contributed by atoms with E-state index in [0.29, 0.717) is 11.4 Å². The highest BCUT2D eigenvalue weighted by molar-refractivity contribution is 5.87. The van der Waals surface area contributed by atoms with Crippen molar-refractivity contribution in [3.05, 3.63) is 35.5 Å². The number of aromatic nitrogens is 2. The molecule has 0 saturated heterocycles. The Balaban J connectivity index is 2.52. The Labute approximate surface area is 98.0 Å². The molecule has 0 atom stereocenters. The van der Waals surface area contributed by atoms with Crippen LogP contribution in [0.2, 0.25) is 0 Å². The van der Waals surface area contributed by atoms with E-state index in [-0.39, 0.29) is 5.69 Å². The molecule has 2 N–H and O–H groups in total. The van der Waals surface area contributed by atoms with Gasteiger partial charge in [-0.1, -0.05) is 12.1 Å². The SMILES string of the molecule is COc1c(C)cccc1-c1cc(C(=O)O)[nH]n1. The zero-order valence-electron chi connectivity index (χ0n) is 9.52. The third kappa shape index (κ3) is 1.99. The largest absolute Gasteiger partial charge is 0.496 e. The zero-order valence-corrected chi connectivity index (χ0v) is 9.52. The first kappa shape index (κ1) is 11.2. The molecule has 2 rings (SSSR count). The number of benzene rings is 1. The van der Waals surface area contributed by atoms with Crippen molar-refractivity contribution < 1.29 is 14.6 Å². The fourth-order valence-electron chi connectivity index (χ4n) is 1.69. The topological polar surface area (TPSA) is 75.2 Å². The van der Waals surface area contributed by atoms with E-state index in [1.807, 2.05) is 25.1 Å². The smallest absolute Gasteiger partial charge is 0.353 e. The highest BCUT2D eigenvalue weighted by Crippen LogP contribution is 2.31. The van der Waals surface area contributed by atoms with Crippen molar-refractivity contribution in [1.29, 1.82) is 0 Å². The summed E-state index contributed by atoms with van der Waals surface area (Å²) in [6, 6.07) is 7.13. The molecular weight excluding hydrogens is 220 g/mol. The Morgan fingerprint density at radius 1 is 1.47 bits per heavy atom. The minimum atomic E-state index is -1.03. The third-order valence-corrected chi connectivity index (χ3v) is 2.50. The first-order valence-corrected chi connectivity index (χ1v) is 5.06. The van der Waals surface area contributed by atoms with E-state index in [1.165, 1.54) is 6.07 Å². The summed E-state index contributed by atoms with van der Waals surface area (Å²) in [7, 11) is 1.58. The number of nitrogens with zero attached hydrogens (tertiary/aromatic N) is 1. The highest BCUT2D eigenvalue weighted by atomic mass is 16.5. The van der Waals surface area contributed by atoms with Crippen molar-refractivity contribution in [2.24, 2.45) is 0 Å². The Morgan fingerprint density at radius 2 is 2.24 bits per heavy atom. The molecule has 2 aromatic rings. The lowest BCUT2D eigenvalue weighted by Gasteiger charge is -2.08. The minimum absolute atomic E-state index is 0.0589. The van der Waals surface area contributed by atoms with E-state index < -0.39 is 5.97 Å². The van der Waals surface area contributed by atoms with Crippen LogP contribution < -0.4 is 4.74 Å². The van der Waals surface area contributed by atoms with Crippen LogP contribution in [0.5, 0.6) is 5.75 Å². The second-order valence-corrected chi connectivity index (χ2v) is 3.63. The molecule has 88 valence electrons. The molecule has 1 aromatic heterocycles. The number of ether oxygens (including phenoxy) is 1. The van der Waals surface area contributed by atoms with Gasteiger partial charge in [0.05, 0.1) is 12.8 Å². The Kier molecular flexibility index (Phi) is 2.82. The molecule has 0 aliphatic rings. The molecule has 5 nitrogen and oxygen atoms in total. The molecule has 0 aliphatic carbocycles. The van der Waals surface area contributed by atoms with Gasteiger partial charge in [0.1, 0.15) is 11.4 Å². The average molecular weight is 232 g/mol. The lowest BCUT2D eigenvalue weighted by atomic mass is 10.1. The highest BCUT2D eigenvalue weighted by Gasteiger charge is 2.13. The second kappa shape index (κ2) is 4.29. The van der Waals surface area contributed by atoms with Crippen molar-refractivity contribution >= 4 is 5.97 Å². The predicted octanol–water partition coefficient (Wildman–Crippen LogP) is 2.09. The van der Waals surface area contributed by atoms with Crippen LogP contribution in [0.4, 0.5) is 0 Å². The van der Waals surface area contributed by atoms with Crippen molar-refractivity contribution in [2.45, 2.75) is 6.92 Å². The predicted molar refractivity (Wildman–Crippen MR) is 62.3 cm³/mol. The number of hydrogen-bond donors (Lipinski definition) is 2. The van der Waals surface area contributed by atoms with Crippen LogP contribution >= 0.6 is 0 Å². The first-order valence-electron chi connectivity index (χ1n) is 5.06. The number of hydrogen-bond acceptors (Lipinski definition) is 3. The molecule has 0 unspecified atom stereocenters. The molecule has 0 amide bonds. The van der Waals surface area contributed by atoms with Gasteiger partial charge < -0.3 is 9.84 Å². The molecule has 5 heteroatoms. The van der Waals surface area contributed by atoms with Gasteiger partial charge in [0, 0.05) is 5.56 Å². The Morgan fingerprint density at radius 3 is 2.82 bits per heavy atom. The maximum Gasteiger partial charge on any atom is 0.353 e. The number of carbonyl (C=O) groups is 1. The van der Waals surface area contributed by atoms with Gasteiger partial charge in [-0.3, -0.25) is 5.10 Å². The van der Waals surface area contributed by atoms with Crippen LogP contribution in [0.15, 0.2) is 24.3 Å². The monoisotopic (exact) mass is 232 g/mol. The normalized spacial score (nSPS) is 10.2. The van der Waals surface area contributed by atoms with E-state index in [1.54, 1.807) is 7.11 Å². The molecular formula is C12H12N2O3. The molecule has 1 heterocycles. The van der Waals surface area contributed by atoms with Gasteiger partial charge >= 0.3 is 5.97 Å². The van der Waals surface area contributed by atoms with E-state index in [0.717, 1.165) is 11.1 Å². The number of aromatic carboxylic acids is 1. The number of carboxylic acid groups (broad SMARTS) is 1. The third-order valence-electron chi connectivity index (χ3n) is 2.50. The number of aryl methyl sites for hydroxylation is 1. The van der Waals surface area contributed by atoms with Crippen LogP contribution in [-0.4, -0.2) is 28.4 Å². The van der Waals surface area contributed by atoms with Gasteiger partial charge in [-0.2, -0.15) is 5.10 Å². The van der Waals surface area contributed by atoms with Crippen LogP contribution in [-0.2, 0) is 0 Å². The van der Waals surface area contributed by atoms with E-state index >= 15 is 0 Å².